The Morgan fingerprint density at radius 3 is 2.56 bits per heavy atom. The lowest BCUT2D eigenvalue weighted by Gasteiger charge is -2.10. The third-order valence-corrected chi connectivity index (χ3v) is 2.71. The largest absolute Gasteiger partial charge is 0.492 e. The molecule has 1 N–H and O–H groups in total. The van der Waals surface area contributed by atoms with Gasteiger partial charge in [-0.25, -0.2) is 0 Å². The van der Waals surface area contributed by atoms with E-state index >= 15 is 0 Å². The van der Waals surface area contributed by atoms with Crippen LogP contribution in [-0.4, -0.2) is 20.2 Å². The predicted octanol–water partition coefficient (Wildman–Crippen LogP) is 2.75. The number of benzene rings is 2. The molecule has 0 amide bonds. The van der Waals surface area contributed by atoms with Gasteiger partial charge in [-0.3, -0.25) is 0 Å². The molecule has 0 heterocycles. The number of likely N-dealkylation sites (N-methyl/N-ethyl adjacent to an activating group) is 1. The Morgan fingerprint density at radius 1 is 1.06 bits per heavy atom. The molecule has 2 aromatic carbocycles. The number of hydrogen-bond donors (Lipinski definition) is 1. The third kappa shape index (κ3) is 2.17. The first-order valence-electron chi connectivity index (χ1n) is 5.58. The second kappa shape index (κ2) is 4.99. The van der Waals surface area contributed by atoms with Crippen molar-refractivity contribution >= 4 is 10.8 Å². The van der Waals surface area contributed by atoms with Gasteiger partial charge in [0.15, 0.2) is 0 Å². The Balaban J connectivity index is 2.35. The van der Waals surface area contributed by atoms with E-state index < -0.39 is 0 Å². The Hall–Kier alpha value is -1.54. The number of fused-ring (bicyclic) bond motifs is 1. The maximum atomic E-state index is 5.75. The molecule has 0 bridgehead atoms. The van der Waals surface area contributed by atoms with E-state index in [9.17, 15) is 0 Å². The molecule has 0 fully saturated rings. The van der Waals surface area contributed by atoms with Crippen molar-refractivity contribution < 1.29 is 4.74 Å². The Kier molecular flexibility index (Phi) is 3.42. The summed E-state index contributed by atoms with van der Waals surface area (Å²) >= 11 is 0. The van der Waals surface area contributed by atoms with E-state index in [2.05, 4.69) is 36.5 Å². The normalized spacial score (nSPS) is 10.6. The molecule has 2 nitrogen and oxygen atoms in total. The Labute approximate surface area is 96.2 Å². The third-order valence-electron chi connectivity index (χ3n) is 2.71. The first kappa shape index (κ1) is 11.0. The Morgan fingerprint density at radius 2 is 1.81 bits per heavy atom. The maximum Gasteiger partial charge on any atom is 0.127 e. The standard InChI is InChI=1S/C14H17NO/c1-11-7-8-14(16-10-9-15-2)13-6-4-3-5-12(11)13/h3-8,15H,9-10H2,1-2H3. The summed E-state index contributed by atoms with van der Waals surface area (Å²) in [5.41, 5.74) is 1.29. The molecule has 0 spiro atoms. The number of aryl methyl sites for hydroxylation is 1. The fourth-order valence-electron chi connectivity index (χ4n) is 1.81. The van der Waals surface area contributed by atoms with Crippen LogP contribution in [0, 0.1) is 6.92 Å². The first-order chi connectivity index (χ1) is 7.83. The van der Waals surface area contributed by atoms with Crippen LogP contribution in [0.2, 0.25) is 0 Å². The lowest BCUT2D eigenvalue weighted by molar-refractivity contribution is 0.322. The predicted molar refractivity (Wildman–Crippen MR) is 68.1 cm³/mol. The quantitative estimate of drug-likeness (QED) is 0.792. The summed E-state index contributed by atoms with van der Waals surface area (Å²) in [6.07, 6.45) is 0. The van der Waals surface area contributed by atoms with Crippen LogP contribution in [0.5, 0.6) is 5.75 Å². The lowest BCUT2D eigenvalue weighted by Crippen LogP contribution is -2.16. The van der Waals surface area contributed by atoms with Crippen molar-refractivity contribution in [2.45, 2.75) is 6.92 Å². The van der Waals surface area contributed by atoms with Gasteiger partial charge in [0.05, 0.1) is 0 Å². The highest BCUT2D eigenvalue weighted by atomic mass is 16.5. The molecule has 0 saturated carbocycles. The van der Waals surface area contributed by atoms with Gasteiger partial charge in [0, 0.05) is 11.9 Å². The fourth-order valence-corrected chi connectivity index (χ4v) is 1.81. The van der Waals surface area contributed by atoms with Crippen molar-refractivity contribution in [2.24, 2.45) is 0 Å². The molecule has 0 aliphatic carbocycles. The van der Waals surface area contributed by atoms with Crippen LogP contribution in [-0.2, 0) is 0 Å². The summed E-state index contributed by atoms with van der Waals surface area (Å²) < 4.78 is 5.75. The van der Waals surface area contributed by atoms with E-state index in [4.69, 9.17) is 4.74 Å². The topological polar surface area (TPSA) is 21.3 Å². The first-order valence-corrected chi connectivity index (χ1v) is 5.58. The van der Waals surface area contributed by atoms with E-state index in [-0.39, 0.29) is 0 Å². The number of ether oxygens (including phenoxy) is 1. The molecule has 0 atom stereocenters. The van der Waals surface area contributed by atoms with E-state index in [1.54, 1.807) is 0 Å². The van der Waals surface area contributed by atoms with Crippen molar-refractivity contribution in [3.8, 4) is 5.75 Å². The van der Waals surface area contributed by atoms with Gasteiger partial charge >= 0.3 is 0 Å². The smallest absolute Gasteiger partial charge is 0.127 e. The van der Waals surface area contributed by atoms with Crippen molar-refractivity contribution in [3.63, 3.8) is 0 Å². The highest BCUT2D eigenvalue weighted by Gasteiger charge is 2.03. The van der Waals surface area contributed by atoms with E-state index in [0.717, 1.165) is 12.3 Å². The van der Waals surface area contributed by atoms with Crippen LogP contribution in [0.1, 0.15) is 5.56 Å². The van der Waals surface area contributed by atoms with Crippen LogP contribution in [0.25, 0.3) is 10.8 Å². The van der Waals surface area contributed by atoms with Gasteiger partial charge in [0.1, 0.15) is 12.4 Å². The molecule has 0 aliphatic heterocycles. The zero-order valence-corrected chi connectivity index (χ0v) is 9.79. The van der Waals surface area contributed by atoms with Gasteiger partial charge in [-0.2, -0.15) is 0 Å². The van der Waals surface area contributed by atoms with Gasteiger partial charge in [-0.05, 0) is 31.0 Å². The van der Waals surface area contributed by atoms with Crippen LogP contribution >= 0.6 is 0 Å². The summed E-state index contributed by atoms with van der Waals surface area (Å²) in [5.74, 6) is 0.969. The van der Waals surface area contributed by atoms with E-state index in [1.807, 2.05) is 19.2 Å². The zero-order chi connectivity index (χ0) is 11.4. The molecule has 0 aromatic heterocycles. The average Bonchev–Trinajstić information content (AvgIpc) is 2.33. The molecule has 0 radical (unpaired) electrons. The molecule has 0 saturated heterocycles. The molecule has 0 aliphatic rings. The molecule has 84 valence electrons. The number of nitrogens with one attached hydrogen (secondary N) is 1. The number of rotatable bonds is 4. The van der Waals surface area contributed by atoms with Crippen LogP contribution < -0.4 is 10.1 Å². The van der Waals surface area contributed by atoms with Gasteiger partial charge in [-0.1, -0.05) is 30.3 Å². The van der Waals surface area contributed by atoms with Gasteiger partial charge < -0.3 is 10.1 Å². The summed E-state index contributed by atoms with van der Waals surface area (Å²) in [6.45, 7) is 3.69. The van der Waals surface area contributed by atoms with Crippen molar-refractivity contribution in [2.75, 3.05) is 20.2 Å². The molecule has 2 aromatic rings. The van der Waals surface area contributed by atoms with Gasteiger partial charge in [0.25, 0.3) is 0 Å². The van der Waals surface area contributed by atoms with Crippen LogP contribution in [0.4, 0.5) is 0 Å². The molecule has 2 rings (SSSR count). The van der Waals surface area contributed by atoms with Crippen LogP contribution in [0.15, 0.2) is 36.4 Å². The minimum atomic E-state index is 0.698. The minimum absolute atomic E-state index is 0.698. The monoisotopic (exact) mass is 215 g/mol. The summed E-state index contributed by atoms with van der Waals surface area (Å²) in [5, 5.41) is 5.53. The summed E-state index contributed by atoms with van der Waals surface area (Å²) in [7, 11) is 1.93. The van der Waals surface area contributed by atoms with E-state index in [1.165, 1.54) is 16.3 Å². The van der Waals surface area contributed by atoms with E-state index in [0.29, 0.717) is 6.61 Å². The molecule has 0 unspecified atom stereocenters. The Bertz CT molecular complexity index is 479. The summed E-state index contributed by atoms with van der Waals surface area (Å²) in [6, 6.07) is 12.5. The van der Waals surface area contributed by atoms with Gasteiger partial charge in [-0.15, -0.1) is 0 Å². The maximum absolute atomic E-state index is 5.75. The fraction of sp³-hybridized carbons (Fsp3) is 0.286. The highest BCUT2D eigenvalue weighted by molar-refractivity contribution is 5.90. The van der Waals surface area contributed by atoms with Crippen molar-refractivity contribution in [1.29, 1.82) is 0 Å². The SMILES string of the molecule is CNCCOc1ccc(C)c2ccccc12. The molecule has 16 heavy (non-hydrogen) atoms. The van der Waals surface area contributed by atoms with Gasteiger partial charge in [0.2, 0.25) is 0 Å². The van der Waals surface area contributed by atoms with Crippen LogP contribution in [0.3, 0.4) is 0 Å². The summed E-state index contributed by atoms with van der Waals surface area (Å²) in [4.78, 5) is 0. The second-order valence-corrected chi connectivity index (χ2v) is 3.88. The molecular weight excluding hydrogens is 198 g/mol. The minimum Gasteiger partial charge on any atom is -0.492 e. The number of hydrogen-bond acceptors (Lipinski definition) is 2. The zero-order valence-electron chi connectivity index (χ0n) is 9.79. The second-order valence-electron chi connectivity index (χ2n) is 3.88. The molecular formula is C14H17NO. The highest BCUT2D eigenvalue weighted by Crippen LogP contribution is 2.27. The lowest BCUT2D eigenvalue weighted by atomic mass is 10.1. The van der Waals surface area contributed by atoms with Crippen molar-refractivity contribution in [1.82, 2.24) is 5.32 Å². The van der Waals surface area contributed by atoms with Crippen molar-refractivity contribution in [3.05, 3.63) is 42.0 Å². The average molecular weight is 215 g/mol. The molecule has 2 heteroatoms.